The van der Waals surface area contributed by atoms with Gasteiger partial charge in [0, 0.05) is 19.0 Å². The summed E-state index contributed by atoms with van der Waals surface area (Å²) < 4.78 is 21.0. The van der Waals surface area contributed by atoms with Crippen LogP contribution in [-0.2, 0) is 28.5 Å². The second-order valence-corrected chi connectivity index (χ2v) is 5.05. The Kier molecular flexibility index (Phi) is 15.7. The van der Waals surface area contributed by atoms with E-state index in [9.17, 15) is 9.59 Å². The fraction of sp³-hybridized carbons (Fsp3) is 0.867. The molecule has 1 unspecified atom stereocenters. The van der Waals surface area contributed by atoms with E-state index in [0.717, 1.165) is 0 Å². The topological polar surface area (TPSA) is 129 Å². The van der Waals surface area contributed by atoms with Crippen LogP contribution in [0, 0.1) is 0 Å². The molecule has 0 aromatic carbocycles. The number of hydrogen-bond donors (Lipinski definition) is 3. The van der Waals surface area contributed by atoms with Gasteiger partial charge < -0.3 is 35.1 Å². The summed E-state index contributed by atoms with van der Waals surface area (Å²) in [6, 6.07) is -0.390. The van der Waals surface area contributed by atoms with Crippen molar-refractivity contribution in [2.75, 3.05) is 59.4 Å². The molecule has 1 amide bonds. The lowest BCUT2D eigenvalue weighted by Crippen LogP contribution is -2.34. The third-order valence-corrected chi connectivity index (χ3v) is 2.74. The summed E-state index contributed by atoms with van der Waals surface area (Å²) in [7, 11) is 0. The van der Waals surface area contributed by atoms with Gasteiger partial charge in [0.2, 0.25) is 5.91 Å². The Morgan fingerprint density at radius 1 is 0.917 bits per heavy atom. The van der Waals surface area contributed by atoms with Crippen molar-refractivity contribution in [1.82, 2.24) is 5.32 Å². The average molecular weight is 350 g/mol. The van der Waals surface area contributed by atoms with E-state index >= 15 is 0 Å². The molecule has 0 heterocycles. The van der Waals surface area contributed by atoms with Gasteiger partial charge in [-0.15, -0.1) is 0 Å². The van der Waals surface area contributed by atoms with Crippen molar-refractivity contribution >= 4 is 11.9 Å². The maximum Gasteiger partial charge on any atom is 0.305 e. The summed E-state index contributed by atoms with van der Waals surface area (Å²) in [5.74, 6) is -1.17. The van der Waals surface area contributed by atoms with Gasteiger partial charge >= 0.3 is 5.97 Å². The molecule has 0 saturated carbocycles. The van der Waals surface area contributed by atoms with Crippen molar-refractivity contribution in [3.8, 4) is 0 Å². The third-order valence-electron chi connectivity index (χ3n) is 2.74. The molecule has 0 rings (SSSR count). The van der Waals surface area contributed by atoms with Gasteiger partial charge in [0.1, 0.15) is 0 Å². The zero-order valence-electron chi connectivity index (χ0n) is 14.3. The molecule has 0 aromatic heterocycles. The first kappa shape index (κ1) is 22.7. The molecule has 0 aliphatic carbocycles. The van der Waals surface area contributed by atoms with Crippen molar-refractivity contribution in [2.24, 2.45) is 5.73 Å². The molecule has 9 heteroatoms. The summed E-state index contributed by atoms with van der Waals surface area (Å²) in [6.45, 7) is 5.74. The lowest BCUT2D eigenvalue weighted by molar-refractivity contribution is -0.137. The predicted molar refractivity (Wildman–Crippen MR) is 86.8 cm³/mol. The molecular weight excluding hydrogens is 320 g/mol. The van der Waals surface area contributed by atoms with E-state index < -0.39 is 5.97 Å². The quantitative estimate of drug-likeness (QED) is 0.296. The number of nitrogens with one attached hydrogen (secondary N) is 1. The number of aliphatic carboxylic acids is 1. The minimum Gasteiger partial charge on any atom is -0.481 e. The average Bonchev–Trinajstić information content (AvgIpc) is 2.51. The number of carboxylic acids is 1. The molecular formula is C15H30N2O7. The molecule has 0 saturated heterocycles. The molecule has 0 aliphatic rings. The number of amides is 1. The third kappa shape index (κ3) is 17.1. The zero-order valence-corrected chi connectivity index (χ0v) is 14.3. The van der Waals surface area contributed by atoms with E-state index in [-0.39, 0.29) is 31.4 Å². The molecule has 0 fully saturated rings. The van der Waals surface area contributed by atoms with E-state index in [4.69, 9.17) is 29.8 Å². The van der Waals surface area contributed by atoms with Crippen LogP contribution < -0.4 is 11.1 Å². The number of carbonyl (C=O) groups excluding carboxylic acids is 1. The Morgan fingerprint density at radius 3 is 1.83 bits per heavy atom. The van der Waals surface area contributed by atoms with Crippen molar-refractivity contribution in [3.05, 3.63) is 0 Å². The van der Waals surface area contributed by atoms with Crippen LogP contribution in [0.2, 0.25) is 0 Å². The number of carboxylic acid groups (broad SMARTS) is 1. The number of ether oxygens (including phenoxy) is 4. The smallest absolute Gasteiger partial charge is 0.305 e. The second-order valence-electron chi connectivity index (χ2n) is 5.05. The van der Waals surface area contributed by atoms with Crippen LogP contribution in [0.5, 0.6) is 0 Å². The van der Waals surface area contributed by atoms with Gasteiger partial charge in [-0.3, -0.25) is 9.59 Å². The van der Waals surface area contributed by atoms with Gasteiger partial charge in [-0.25, -0.2) is 0 Å². The Balaban J connectivity index is 3.24. The lowest BCUT2D eigenvalue weighted by atomic mass is 10.2. The summed E-state index contributed by atoms with van der Waals surface area (Å²) in [5.41, 5.74) is 5.27. The predicted octanol–water partition coefficient (Wildman–Crippen LogP) is -0.619. The summed E-state index contributed by atoms with van der Waals surface area (Å²) >= 11 is 0. The maximum absolute atomic E-state index is 11.5. The van der Waals surface area contributed by atoms with Gasteiger partial charge in [0.25, 0.3) is 0 Å². The van der Waals surface area contributed by atoms with E-state index in [1.54, 1.807) is 6.92 Å². The first-order chi connectivity index (χ1) is 11.6. The van der Waals surface area contributed by atoms with Gasteiger partial charge in [0.15, 0.2) is 0 Å². The Bertz CT molecular complexity index is 329. The van der Waals surface area contributed by atoms with Gasteiger partial charge in [-0.2, -0.15) is 0 Å². The minimum atomic E-state index is -0.941. The highest BCUT2D eigenvalue weighted by molar-refractivity contribution is 5.77. The summed E-state index contributed by atoms with van der Waals surface area (Å²) in [5, 5.41) is 11.2. The summed E-state index contributed by atoms with van der Waals surface area (Å²) in [4.78, 5) is 22.0. The second kappa shape index (κ2) is 16.6. The first-order valence-corrected chi connectivity index (χ1v) is 8.08. The highest BCUT2D eigenvalue weighted by Crippen LogP contribution is 1.92. The zero-order chi connectivity index (χ0) is 18.0. The molecule has 0 radical (unpaired) electrons. The van der Waals surface area contributed by atoms with Gasteiger partial charge in [0.05, 0.1) is 59.3 Å². The van der Waals surface area contributed by atoms with Gasteiger partial charge in [-0.05, 0) is 6.92 Å². The van der Waals surface area contributed by atoms with Crippen LogP contribution in [0.4, 0.5) is 0 Å². The van der Waals surface area contributed by atoms with Crippen molar-refractivity contribution in [2.45, 2.75) is 25.8 Å². The van der Waals surface area contributed by atoms with Gasteiger partial charge in [-0.1, -0.05) is 0 Å². The molecule has 142 valence electrons. The fourth-order valence-corrected chi connectivity index (χ4v) is 1.67. The van der Waals surface area contributed by atoms with E-state index in [2.05, 4.69) is 5.32 Å². The molecule has 0 aromatic rings. The molecule has 4 N–H and O–H groups in total. The molecule has 0 bridgehead atoms. The molecule has 24 heavy (non-hydrogen) atoms. The van der Waals surface area contributed by atoms with Crippen LogP contribution in [0.25, 0.3) is 0 Å². The van der Waals surface area contributed by atoms with Crippen LogP contribution in [0.15, 0.2) is 0 Å². The highest BCUT2D eigenvalue weighted by atomic mass is 16.6. The number of nitrogens with two attached hydrogens (primary N) is 1. The molecule has 0 spiro atoms. The van der Waals surface area contributed by atoms with Crippen LogP contribution in [0.3, 0.4) is 0 Å². The molecule has 9 nitrogen and oxygen atoms in total. The largest absolute Gasteiger partial charge is 0.481 e. The molecule has 0 aliphatic heterocycles. The molecule has 1 atom stereocenters. The summed E-state index contributed by atoms with van der Waals surface area (Å²) in [6.07, 6.45) is 0.0948. The standard InChI is InChI=1S/C15H30N2O7/c1-13(12-15(19)20)17-14(18)2-4-21-6-8-23-10-11-24-9-7-22-5-3-16/h13H,2-12,16H2,1H3,(H,17,18)(H,19,20). The lowest BCUT2D eigenvalue weighted by Gasteiger charge is -2.11. The Labute approximate surface area is 142 Å². The first-order valence-electron chi connectivity index (χ1n) is 8.08. The number of hydrogen-bond acceptors (Lipinski definition) is 7. The van der Waals surface area contributed by atoms with Crippen LogP contribution in [-0.4, -0.2) is 82.4 Å². The highest BCUT2D eigenvalue weighted by Gasteiger charge is 2.10. The maximum atomic E-state index is 11.5. The monoisotopic (exact) mass is 350 g/mol. The van der Waals surface area contributed by atoms with Crippen LogP contribution in [0.1, 0.15) is 19.8 Å². The van der Waals surface area contributed by atoms with Crippen LogP contribution >= 0.6 is 0 Å². The Morgan fingerprint density at radius 2 is 1.38 bits per heavy atom. The SMILES string of the molecule is CC(CC(=O)O)NC(=O)CCOCCOCCOCCOCCN. The van der Waals surface area contributed by atoms with E-state index in [1.807, 2.05) is 0 Å². The van der Waals surface area contributed by atoms with E-state index in [1.165, 1.54) is 0 Å². The van der Waals surface area contributed by atoms with Crippen molar-refractivity contribution < 1.29 is 33.6 Å². The van der Waals surface area contributed by atoms with Crippen molar-refractivity contribution in [1.29, 1.82) is 0 Å². The van der Waals surface area contributed by atoms with E-state index in [0.29, 0.717) is 52.8 Å². The minimum absolute atomic E-state index is 0.0956. The normalized spacial score (nSPS) is 12.1. The Hall–Kier alpha value is -1.26. The number of carbonyl (C=O) groups is 2. The van der Waals surface area contributed by atoms with Crippen molar-refractivity contribution in [3.63, 3.8) is 0 Å². The number of rotatable bonds is 17. The fourth-order valence-electron chi connectivity index (χ4n) is 1.67.